The zero-order valence-electron chi connectivity index (χ0n) is 9.51. The predicted octanol–water partition coefficient (Wildman–Crippen LogP) is 3.50. The van der Waals surface area contributed by atoms with Crippen molar-refractivity contribution in [1.29, 1.82) is 0 Å². The summed E-state index contributed by atoms with van der Waals surface area (Å²) in [5, 5.41) is 2.73. The van der Waals surface area contributed by atoms with Crippen molar-refractivity contribution in [3.63, 3.8) is 0 Å². The molecule has 0 saturated heterocycles. The monoisotopic (exact) mass is 302 g/mol. The van der Waals surface area contributed by atoms with Crippen LogP contribution in [0.2, 0.25) is 0 Å². The third kappa shape index (κ3) is 3.82. The van der Waals surface area contributed by atoms with Crippen molar-refractivity contribution in [2.75, 3.05) is 5.32 Å². The summed E-state index contributed by atoms with van der Waals surface area (Å²) < 4.78 is 1.01. The van der Waals surface area contributed by atoms with E-state index in [-0.39, 0.29) is 5.91 Å². The molecule has 0 atom stereocenters. The van der Waals surface area contributed by atoms with E-state index in [1.54, 1.807) is 30.6 Å². The van der Waals surface area contributed by atoms with Crippen molar-refractivity contribution in [2.45, 2.75) is 0 Å². The molecule has 90 valence electrons. The van der Waals surface area contributed by atoms with E-state index in [0.29, 0.717) is 5.69 Å². The zero-order valence-corrected chi connectivity index (χ0v) is 11.1. The van der Waals surface area contributed by atoms with Gasteiger partial charge in [0, 0.05) is 16.7 Å². The van der Waals surface area contributed by atoms with Gasteiger partial charge in [0.1, 0.15) is 0 Å². The summed E-state index contributed by atoms with van der Waals surface area (Å²) in [5.74, 6) is -0.175. The quantitative estimate of drug-likeness (QED) is 0.882. The summed E-state index contributed by atoms with van der Waals surface area (Å²) in [6.45, 7) is 0. The van der Waals surface area contributed by atoms with Gasteiger partial charge in [0.15, 0.2) is 0 Å². The lowest BCUT2D eigenvalue weighted by Crippen LogP contribution is -2.07. The molecule has 0 aliphatic rings. The molecule has 0 spiro atoms. The smallest absolute Gasteiger partial charge is 0.248 e. The van der Waals surface area contributed by atoms with E-state index in [2.05, 4.69) is 26.2 Å². The first-order chi connectivity index (χ1) is 8.74. The Hall–Kier alpha value is -1.94. The molecule has 1 heterocycles. The molecule has 1 aromatic heterocycles. The molecule has 4 heteroatoms. The Labute approximate surface area is 114 Å². The highest BCUT2D eigenvalue weighted by Crippen LogP contribution is 2.11. The van der Waals surface area contributed by atoms with Crippen LogP contribution in [0.15, 0.2) is 59.3 Å². The van der Waals surface area contributed by atoms with Gasteiger partial charge >= 0.3 is 0 Å². The summed E-state index contributed by atoms with van der Waals surface area (Å²) in [5.41, 5.74) is 1.66. The normalized spacial score (nSPS) is 10.5. The van der Waals surface area contributed by atoms with Crippen molar-refractivity contribution in [3.05, 3.63) is 64.9 Å². The summed E-state index contributed by atoms with van der Waals surface area (Å²) in [7, 11) is 0. The molecule has 0 bridgehead atoms. The van der Waals surface area contributed by atoms with Crippen LogP contribution in [-0.4, -0.2) is 10.9 Å². The van der Waals surface area contributed by atoms with Crippen molar-refractivity contribution >= 4 is 33.6 Å². The number of halogens is 1. The van der Waals surface area contributed by atoms with Gasteiger partial charge < -0.3 is 5.32 Å². The van der Waals surface area contributed by atoms with E-state index in [4.69, 9.17) is 0 Å². The van der Waals surface area contributed by atoms with Crippen LogP contribution in [0.3, 0.4) is 0 Å². The number of nitrogens with zero attached hydrogens (tertiary/aromatic N) is 1. The van der Waals surface area contributed by atoms with Crippen LogP contribution in [0, 0.1) is 0 Å². The van der Waals surface area contributed by atoms with Crippen LogP contribution in [0.1, 0.15) is 5.56 Å². The van der Waals surface area contributed by atoms with Crippen molar-refractivity contribution in [2.24, 2.45) is 0 Å². The first kappa shape index (κ1) is 12.5. The second-order valence-corrected chi connectivity index (χ2v) is 4.53. The standard InChI is InChI=1S/C14H11BrN2O/c15-12-6-3-11(4-7-12)5-8-14(18)17-13-2-1-9-16-10-13/h1-10H,(H,17,18). The SMILES string of the molecule is O=C(C=Cc1ccc(Br)cc1)Nc1cccnc1. The van der Waals surface area contributed by atoms with Gasteiger partial charge in [0.05, 0.1) is 11.9 Å². The molecule has 0 radical (unpaired) electrons. The highest BCUT2D eigenvalue weighted by atomic mass is 79.9. The van der Waals surface area contributed by atoms with Gasteiger partial charge in [-0.2, -0.15) is 0 Å². The summed E-state index contributed by atoms with van der Waals surface area (Å²) in [4.78, 5) is 15.5. The lowest BCUT2D eigenvalue weighted by Gasteiger charge is -2.00. The van der Waals surface area contributed by atoms with Crippen molar-refractivity contribution < 1.29 is 4.79 Å². The predicted molar refractivity (Wildman–Crippen MR) is 76.0 cm³/mol. The molecule has 2 rings (SSSR count). The molecular formula is C14H11BrN2O. The second kappa shape index (κ2) is 6.12. The van der Waals surface area contributed by atoms with Crippen LogP contribution >= 0.6 is 15.9 Å². The first-order valence-electron chi connectivity index (χ1n) is 5.39. The fourth-order valence-corrected chi connectivity index (χ4v) is 1.63. The van der Waals surface area contributed by atoms with E-state index in [9.17, 15) is 4.79 Å². The molecule has 0 aliphatic carbocycles. The Morgan fingerprint density at radius 2 is 2.00 bits per heavy atom. The van der Waals surface area contributed by atoms with Gasteiger partial charge in [-0.3, -0.25) is 9.78 Å². The van der Waals surface area contributed by atoms with Gasteiger partial charge in [-0.05, 0) is 35.9 Å². The summed E-state index contributed by atoms with van der Waals surface area (Å²) in [6, 6.07) is 11.3. The van der Waals surface area contributed by atoms with Gasteiger partial charge in [0.2, 0.25) is 5.91 Å². The van der Waals surface area contributed by atoms with Crippen LogP contribution in [0.25, 0.3) is 6.08 Å². The summed E-state index contributed by atoms with van der Waals surface area (Å²) in [6.07, 6.45) is 6.52. The minimum absolute atomic E-state index is 0.175. The number of carbonyl (C=O) groups excluding carboxylic acids is 1. The van der Waals surface area contributed by atoms with Gasteiger partial charge in [-0.1, -0.05) is 28.1 Å². The number of carbonyl (C=O) groups is 1. The van der Waals surface area contributed by atoms with E-state index in [1.807, 2.05) is 24.3 Å². The molecule has 3 nitrogen and oxygen atoms in total. The number of anilines is 1. The largest absolute Gasteiger partial charge is 0.321 e. The molecule has 0 fully saturated rings. The number of aromatic nitrogens is 1. The molecule has 1 aromatic carbocycles. The van der Waals surface area contributed by atoms with E-state index >= 15 is 0 Å². The van der Waals surface area contributed by atoms with Crippen molar-refractivity contribution in [1.82, 2.24) is 4.98 Å². The highest BCUT2D eigenvalue weighted by molar-refractivity contribution is 9.10. The molecule has 18 heavy (non-hydrogen) atoms. The maximum absolute atomic E-state index is 11.6. The van der Waals surface area contributed by atoms with Crippen molar-refractivity contribution in [3.8, 4) is 0 Å². The number of rotatable bonds is 3. The second-order valence-electron chi connectivity index (χ2n) is 3.62. The van der Waals surface area contributed by atoms with Crippen LogP contribution in [0.4, 0.5) is 5.69 Å². The van der Waals surface area contributed by atoms with Gasteiger partial charge in [-0.15, -0.1) is 0 Å². The Morgan fingerprint density at radius 1 is 1.22 bits per heavy atom. The Bertz CT molecular complexity index is 550. The Morgan fingerprint density at radius 3 is 2.67 bits per heavy atom. The van der Waals surface area contributed by atoms with Gasteiger partial charge in [-0.25, -0.2) is 0 Å². The third-order valence-electron chi connectivity index (χ3n) is 2.23. The number of amides is 1. The van der Waals surface area contributed by atoms with Crippen LogP contribution < -0.4 is 5.32 Å². The lowest BCUT2D eigenvalue weighted by atomic mass is 10.2. The minimum atomic E-state index is -0.175. The topological polar surface area (TPSA) is 42.0 Å². The Balaban J connectivity index is 1.97. The maximum atomic E-state index is 11.6. The minimum Gasteiger partial charge on any atom is -0.321 e. The number of hydrogen-bond donors (Lipinski definition) is 1. The fraction of sp³-hybridized carbons (Fsp3) is 0. The maximum Gasteiger partial charge on any atom is 0.248 e. The number of pyridine rings is 1. The highest BCUT2D eigenvalue weighted by Gasteiger charge is 1.96. The Kier molecular flexibility index (Phi) is 4.25. The zero-order chi connectivity index (χ0) is 12.8. The molecule has 0 aliphatic heterocycles. The number of benzene rings is 1. The van der Waals surface area contributed by atoms with Crippen LogP contribution in [0.5, 0.6) is 0 Å². The molecule has 0 unspecified atom stereocenters. The van der Waals surface area contributed by atoms with E-state index < -0.39 is 0 Å². The third-order valence-corrected chi connectivity index (χ3v) is 2.75. The average molecular weight is 303 g/mol. The molecule has 2 aromatic rings. The average Bonchev–Trinajstić information content (AvgIpc) is 2.39. The lowest BCUT2D eigenvalue weighted by molar-refractivity contribution is -0.111. The van der Waals surface area contributed by atoms with Gasteiger partial charge in [0.25, 0.3) is 0 Å². The van der Waals surface area contributed by atoms with Crippen LogP contribution in [-0.2, 0) is 4.79 Å². The number of nitrogens with one attached hydrogen (secondary N) is 1. The molecule has 1 amide bonds. The summed E-state index contributed by atoms with van der Waals surface area (Å²) >= 11 is 3.36. The first-order valence-corrected chi connectivity index (χ1v) is 6.18. The van der Waals surface area contributed by atoms with E-state index in [1.165, 1.54) is 6.08 Å². The fourth-order valence-electron chi connectivity index (χ4n) is 1.37. The van der Waals surface area contributed by atoms with E-state index in [0.717, 1.165) is 10.0 Å². The molecule has 1 N–H and O–H groups in total. The molecular weight excluding hydrogens is 292 g/mol. The molecule has 0 saturated carbocycles. The number of hydrogen-bond acceptors (Lipinski definition) is 2.